The Morgan fingerprint density at radius 2 is 1.69 bits per heavy atom. The Morgan fingerprint density at radius 1 is 1.00 bits per heavy atom. The third-order valence-corrected chi connectivity index (χ3v) is 13.6. The van der Waals surface area contributed by atoms with E-state index < -0.39 is 5.41 Å². The van der Waals surface area contributed by atoms with Gasteiger partial charge in [-0.05, 0) is 110 Å². The first-order chi connectivity index (χ1) is 16.7. The van der Waals surface area contributed by atoms with E-state index in [4.69, 9.17) is 4.74 Å². The number of methoxy groups -OCH3 is 1. The van der Waals surface area contributed by atoms with Crippen molar-refractivity contribution >= 4 is 11.8 Å². The average molecular weight is 494 g/mol. The van der Waals surface area contributed by atoms with Crippen LogP contribution in [0.15, 0.2) is 11.6 Å². The van der Waals surface area contributed by atoms with Gasteiger partial charge in [-0.25, -0.2) is 0 Å². The number of esters is 1. The summed E-state index contributed by atoms with van der Waals surface area (Å²) in [4.78, 5) is 27.7. The zero-order chi connectivity index (χ0) is 26.5. The molecule has 0 aromatic carbocycles. The van der Waals surface area contributed by atoms with Crippen molar-refractivity contribution in [3.63, 3.8) is 0 Å². The lowest BCUT2D eigenvalue weighted by Gasteiger charge is -2.70. The molecule has 5 rings (SSSR count). The lowest BCUT2D eigenvalue weighted by Crippen LogP contribution is -2.67. The zero-order valence-corrected chi connectivity index (χ0v) is 23.9. The standard InChI is InChI=1S/C32H47NO3/c1-19-9-12-28(3)15-16-30(5)22(25(28)20(19)2)17-23(34)26-29(4)13-10-21(18-33)32(7,27(35)36-8)24(29)11-14-31(26,30)6/h17,19-21,24-26H,9-16H2,1-8H3/t19-,20+,21+,24-,25+,26-,28-,29+,30-,31-,32+/m1/s1. The molecule has 4 heteroatoms. The third kappa shape index (κ3) is 2.92. The fourth-order valence-corrected chi connectivity index (χ4v) is 11.1. The molecule has 5 aliphatic carbocycles. The number of carbonyl (C=O) groups excluding carboxylic acids is 2. The number of carbonyl (C=O) groups is 2. The van der Waals surface area contributed by atoms with E-state index in [1.807, 2.05) is 6.92 Å². The van der Waals surface area contributed by atoms with Gasteiger partial charge in [0.05, 0.1) is 24.5 Å². The van der Waals surface area contributed by atoms with Gasteiger partial charge in [-0.2, -0.15) is 5.26 Å². The SMILES string of the molecule is COC(=O)[C@@]1(C)[C@H](C#N)CC[C@@]2(C)[C@H]1CC[C@]1(C)[C@@H]2C(=O)C=C2[C@@H]3[C@@H](C)[C@H](C)CC[C@]3(C)CC[C@]21C. The summed E-state index contributed by atoms with van der Waals surface area (Å²) in [6.07, 6.45) is 10.3. The molecule has 0 aromatic rings. The smallest absolute Gasteiger partial charge is 0.313 e. The molecule has 0 bridgehead atoms. The number of ketones is 1. The molecular weight excluding hydrogens is 446 g/mol. The summed E-state index contributed by atoms with van der Waals surface area (Å²) < 4.78 is 5.32. The lowest BCUT2D eigenvalue weighted by molar-refractivity contribution is -0.204. The molecule has 198 valence electrons. The van der Waals surface area contributed by atoms with Crippen LogP contribution in [-0.2, 0) is 14.3 Å². The van der Waals surface area contributed by atoms with Gasteiger partial charge >= 0.3 is 5.97 Å². The summed E-state index contributed by atoms with van der Waals surface area (Å²) in [5, 5.41) is 10.0. The number of ether oxygens (including phenoxy) is 1. The molecule has 0 saturated heterocycles. The summed E-state index contributed by atoms with van der Waals surface area (Å²) in [6.45, 7) is 16.4. The first kappa shape index (κ1) is 26.0. The molecule has 0 radical (unpaired) electrons. The maximum Gasteiger partial charge on any atom is 0.313 e. The molecule has 11 atom stereocenters. The van der Waals surface area contributed by atoms with Gasteiger partial charge in [-0.1, -0.05) is 47.1 Å². The highest BCUT2D eigenvalue weighted by Crippen LogP contribution is 2.75. The van der Waals surface area contributed by atoms with Crippen LogP contribution in [0.4, 0.5) is 0 Å². The number of nitriles is 1. The quantitative estimate of drug-likeness (QED) is 0.364. The topological polar surface area (TPSA) is 67.2 Å². The number of hydrogen-bond acceptors (Lipinski definition) is 4. The number of hydrogen-bond donors (Lipinski definition) is 0. The van der Waals surface area contributed by atoms with E-state index in [1.54, 1.807) is 0 Å². The molecule has 4 fully saturated rings. The Hall–Kier alpha value is -1.63. The summed E-state index contributed by atoms with van der Waals surface area (Å²) in [7, 11) is 1.44. The molecular formula is C32H47NO3. The second-order valence-electron chi connectivity index (χ2n) is 14.8. The average Bonchev–Trinajstić information content (AvgIpc) is 2.82. The van der Waals surface area contributed by atoms with Crippen LogP contribution < -0.4 is 0 Å². The minimum absolute atomic E-state index is 0.0111. The fourth-order valence-electron chi connectivity index (χ4n) is 11.1. The fraction of sp³-hybridized carbons (Fsp3) is 0.844. The second kappa shape index (κ2) is 7.94. The Bertz CT molecular complexity index is 1060. The van der Waals surface area contributed by atoms with Crippen molar-refractivity contribution in [3.8, 4) is 6.07 Å². The molecule has 4 saturated carbocycles. The van der Waals surface area contributed by atoms with Gasteiger partial charge in [0.15, 0.2) is 5.78 Å². The molecule has 4 nitrogen and oxygen atoms in total. The maximum atomic E-state index is 14.4. The van der Waals surface area contributed by atoms with Gasteiger partial charge in [0.1, 0.15) is 0 Å². The van der Waals surface area contributed by atoms with Gasteiger partial charge in [0.25, 0.3) is 0 Å². The normalized spacial score (nSPS) is 54.1. The van der Waals surface area contributed by atoms with Gasteiger partial charge < -0.3 is 4.74 Å². The lowest BCUT2D eigenvalue weighted by atomic mass is 9.32. The van der Waals surface area contributed by atoms with Crippen molar-refractivity contribution in [2.75, 3.05) is 7.11 Å². The number of nitrogens with zero attached hydrogens (tertiary/aromatic N) is 1. The van der Waals surface area contributed by atoms with Crippen molar-refractivity contribution in [2.24, 2.45) is 62.6 Å². The van der Waals surface area contributed by atoms with E-state index in [0.29, 0.717) is 24.2 Å². The number of allylic oxidation sites excluding steroid dienone is 2. The van der Waals surface area contributed by atoms with Crippen LogP contribution in [0, 0.1) is 73.9 Å². The van der Waals surface area contributed by atoms with Crippen LogP contribution in [0.2, 0.25) is 0 Å². The Morgan fingerprint density at radius 3 is 2.33 bits per heavy atom. The van der Waals surface area contributed by atoms with Crippen LogP contribution in [0.25, 0.3) is 0 Å². The highest BCUT2D eigenvalue weighted by atomic mass is 16.5. The summed E-state index contributed by atoms with van der Waals surface area (Å²) in [5.74, 6) is 1.23. The van der Waals surface area contributed by atoms with Crippen LogP contribution in [0.5, 0.6) is 0 Å². The predicted octanol–water partition coefficient (Wildman–Crippen LogP) is 7.14. The first-order valence-corrected chi connectivity index (χ1v) is 14.5. The van der Waals surface area contributed by atoms with Crippen LogP contribution in [0.3, 0.4) is 0 Å². The summed E-state index contributed by atoms with van der Waals surface area (Å²) in [5.41, 5.74) is 0.387. The Labute approximate surface area is 218 Å². The number of rotatable bonds is 1. The highest BCUT2D eigenvalue weighted by molar-refractivity contribution is 5.96. The van der Waals surface area contributed by atoms with E-state index in [0.717, 1.165) is 25.7 Å². The molecule has 36 heavy (non-hydrogen) atoms. The molecule has 0 aliphatic heterocycles. The maximum absolute atomic E-state index is 14.4. The van der Waals surface area contributed by atoms with E-state index >= 15 is 0 Å². The van der Waals surface area contributed by atoms with Crippen molar-refractivity contribution in [3.05, 3.63) is 11.6 Å². The molecule has 0 amide bonds. The minimum Gasteiger partial charge on any atom is -0.469 e. The zero-order valence-electron chi connectivity index (χ0n) is 23.9. The molecule has 0 heterocycles. The second-order valence-corrected chi connectivity index (χ2v) is 14.8. The van der Waals surface area contributed by atoms with E-state index in [2.05, 4.69) is 53.7 Å². The number of fused-ring (bicyclic) bond motifs is 7. The highest BCUT2D eigenvalue weighted by Gasteiger charge is 2.72. The first-order valence-electron chi connectivity index (χ1n) is 14.5. The van der Waals surface area contributed by atoms with E-state index in [9.17, 15) is 14.9 Å². The van der Waals surface area contributed by atoms with Gasteiger partial charge in [0.2, 0.25) is 0 Å². The Balaban J connectivity index is 1.65. The van der Waals surface area contributed by atoms with Crippen LogP contribution in [0.1, 0.15) is 99.8 Å². The van der Waals surface area contributed by atoms with Gasteiger partial charge in [-0.3, -0.25) is 9.59 Å². The van der Waals surface area contributed by atoms with Crippen LogP contribution >= 0.6 is 0 Å². The molecule has 0 aromatic heterocycles. The molecule has 0 unspecified atom stereocenters. The monoisotopic (exact) mass is 493 g/mol. The summed E-state index contributed by atoms with van der Waals surface area (Å²) >= 11 is 0. The Kier molecular flexibility index (Phi) is 5.73. The van der Waals surface area contributed by atoms with Crippen molar-refractivity contribution in [1.29, 1.82) is 5.26 Å². The predicted molar refractivity (Wildman–Crippen MR) is 140 cm³/mol. The van der Waals surface area contributed by atoms with Crippen LogP contribution in [-0.4, -0.2) is 18.9 Å². The van der Waals surface area contributed by atoms with Gasteiger partial charge in [-0.15, -0.1) is 0 Å². The largest absolute Gasteiger partial charge is 0.469 e. The van der Waals surface area contributed by atoms with Gasteiger partial charge in [0, 0.05) is 5.92 Å². The van der Waals surface area contributed by atoms with Crippen molar-refractivity contribution in [1.82, 2.24) is 0 Å². The van der Waals surface area contributed by atoms with E-state index in [1.165, 1.54) is 31.9 Å². The third-order valence-electron chi connectivity index (χ3n) is 13.6. The van der Waals surface area contributed by atoms with E-state index in [-0.39, 0.29) is 51.2 Å². The van der Waals surface area contributed by atoms with Crippen molar-refractivity contribution < 1.29 is 14.3 Å². The molecule has 0 spiro atoms. The summed E-state index contributed by atoms with van der Waals surface area (Å²) in [6, 6.07) is 2.45. The molecule has 5 aliphatic rings. The minimum atomic E-state index is -0.874. The molecule has 0 N–H and O–H groups in total. The van der Waals surface area contributed by atoms with Crippen molar-refractivity contribution in [2.45, 2.75) is 99.8 Å².